The van der Waals surface area contributed by atoms with Crippen molar-refractivity contribution in [3.05, 3.63) is 72.7 Å². The molecule has 7 nitrogen and oxygen atoms in total. The number of hydrogen-bond donors (Lipinski definition) is 3. The van der Waals surface area contributed by atoms with E-state index >= 15 is 0 Å². The molecule has 4 N–H and O–H groups in total. The third kappa shape index (κ3) is 4.36. The molecule has 2 aromatic heterocycles. The van der Waals surface area contributed by atoms with Crippen LogP contribution in [0, 0.1) is 0 Å². The second kappa shape index (κ2) is 9.48. The van der Waals surface area contributed by atoms with Crippen molar-refractivity contribution in [1.82, 2.24) is 30.1 Å². The fourth-order valence-electron chi connectivity index (χ4n) is 4.34. The van der Waals surface area contributed by atoms with E-state index in [-0.39, 0.29) is 0 Å². The molecule has 164 valence electrons. The largest absolute Gasteiger partial charge is 0.383 e. The number of nitrogen functional groups attached to an aromatic ring is 1. The number of piperazine rings is 1. The second-order valence-electron chi connectivity index (χ2n) is 8.17. The first-order chi connectivity index (χ1) is 15.8. The van der Waals surface area contributed by atoms with Crippen molar-refractivity contribution in [1.29, 1.82) is 0 Å². The first-order valence-corrected chi connectivity index (χ1v) is 11.2. The maximum Gasteiger partial charge on any atom is 0.150 e. The van der Waals surface area contributed by atoms with E-state index in [0.29, 0.717) is 5.82 Å². The summed E-state index contributed by atoms with van der Waals surface area (Å²) in [5, 5.41) is 7.88. The lowest BCUT2D eigenvalue weighted by molar-refractivity contribution is 0.241. The topological polar surface area (TPSA) is 84.0 Å². The van der Waals surface area contributed by atoms with Crippen LogP contribution in [0.15, 0.2) is 67.1 Å². The van der Waals surface area contributed by atoms with Crippen LogP contribution in [0.1, 0.15) is 5.56 Å². The number of benzene rings is 2. The molecule has 1 aliphatic rings. The van der Waals surface area contributed by atoms with Gasteiger partial charge in [-0.05, 0) is 23.3 Å². The minimum atomic E-state index is 0.498. The van der Waals surface area contributed by atoms with E-state index in [1.807, 2.05) is 18.2 Å². The van der Waals surface area contributed by atoms with Gasteiger partial charge >= 0.3 is 0 Å². The summed E-state index contributed by atoms with van der Waals surface area (Å²) in [7, 11) is 0. The molecule has 3 heterocycles. The summed E-state index contributed by atoms with van der Waals surface area (Å²) < 4.78 is 2.11. The summed E-state index contributed by atoms with van der Waals surface area (Å²) in [5.41, 5.74) is 11.5. The van der Waals surface area contributed by atoms with Gasteiger partial charge in [-0.15, -0.1) is 0 Å². The van der Waals surface area contributed by atoms with Gasteiger partial charge < -0.3 is 20.9 Å². The van der Waals surface area contributed by atoms with Crippen LogP contribution >= 0.6 is 0 Å². The predicted molar refractivity (Wildman–Crippen MR) is 130 cm³/mol. The maximum atomic E-state index is 6.28. The Balaban J connectivity index is 1.38. The number of nitrogens with two attached hydrogens (primary N) is 1. The van der Waals surface area contributed by atoms with Crippen LogP contribution in [0.5, 0.6) is 0 Å². The quantitative estimate of drug-likeness (QED) is 0.393. The fourth-order valence-corrected chi connectivity index (χ4v) is 4.34. The minimum Gasteiger partial charge on any atom is -0.383 e. The molecule has 4 aromatic rings. The van der Waals surface area contributed by atoms with Crippen molar-refractivity contribution in [2.45, 2.75) is 6.54 Å². The van der Waals surface area contributed by atoms with Crippen molar-refractivity contribution in [3.63, 3.8) is 0 Å². The van der Waals surface area contributed by atoms with E-state index < -0.39 is 0 Å². The van der Waals surface area contributed by atoms with Gasteiger partial charge in [0.2, 0.25) is 0 Å². The third-order valence-corrected chi connectivity index (χ3v) is 6.03. The molecule has 0 atom stereocenters. The van der Waals surface area contributed by atoms with Crippen LogP contribution in [0.25, 0.3) is 27.8 Å². The van der Waals surface area contributed by atoms with E-state index in [2.05, 4.69) is 72.7 Å². The van der Waals surface area contributed by atoms with Crippen molar-refractivity contribution in [3.8, 4) is 16.8 Å². The summed E-state index contributed by atoms with van der Waals surface area (Å²) >= 11 is 0. The molecule has 1 saturated heterocycles. The van der Waals surface area contributed by atoms with E-state index in [9.17, 15) is 0 Å². The highest BCUT2D eigenvalue weighted by Gasteiger charge is 2.16. The number of rotatable bonds is 7. The lowest BCUT2D eigenvalue weighted by Gasteiger charge is -2.27. The Morgan fingerprint density at radius 3 is 2.69 bits per heavy atom. The van der Waals surface area contributed by atoms with Crippen molar-refractivity contribution in [2.24, 2.45) is 0 Å². The molecule has 2 aromatic carbocycles. The minimum absolute atomic E-state index is 0.498. The number of aromatic nitrogens is 3. The number of nitrogens with one attached hydrogen (secondary N) is 2. The van der Waals surface area contributed by atoms with Crippen molar-refractivity contribution >= 4 is 16.9 Å². The Kier molecular flexibility index (Phi) is 6.11. The Morgan fingerprint density at radius 2 is 1.84 bits per heavy atom. The van der Waals surface area contributed by atoms with Gasteiger partial charge in [-0.25, -0.2) is 9.97 Å². The van der Waals surface area contributed by atoms with Gasteiger partial charge in [-0.2, -0.15) is 0 Å². The van der Waals surface area contributed by atoms with Gasteiger partial charge in [0.1, 0.15) is 12.1 Å². The Bertz CT molecular complexity index is 1180. The normalized spacial score (nSPS) is 14.8. The molecule has 0 radical (unpaired) electrons. The van der Waals surface area contributed by atoms with E-state index in [4.69, 9.17) is 5.73 Å². The lowest BCUT2D eigenvalue weighted by Crippen LogP contribution is -2.45. The smallest absolute Gasteiger partial charge is 0.150 e. The van der Waals surface area contributed by atoms with Gasteiger partial charge in [0.05, 0.1) is 5.39 Å². The van der Waals surface area contributed by atoms with Crippen LogP contribution in [0.3, 0.4) is 0 Å². The molecule has 0 amide bonds. The van der Waals surface area contributed by atoms with Crippen molar-refractivity contribution in [2.75, 3.05) is 45.0 Å². The zero-order valence-corrected chi connectivity index (χ0v) is 18.2. The molecule has 0 bridgehead atoms. The molecule has 32 heavy (non-hydrogen) atoms. The number of fused-ring (bicyclic) bond motifs is 1. The first kappa shape index (κ1) is 20.6. The number of anilines is 1. The summed E-state index contributed by atoms with van der Waals surface area (Å²) in [5.74, 6) is 0.498. The van der Waals surface area contributed by atoms with Gasteiger partial charge in [0.15, 0.2) is 5.65 Å². The van der Waals surface area contributed by atoms with Crippen LogP contribution in [0.4, 0.5) is 5.82 Å². The monoisotopic (exact) mass is 427 g/mol. The molecule has 5 rings (SSSR count). The second-order valence-corrected chi connectivity index (χ2v) is 8.17. The highest BCUT2D eigenvalue weighted by Crippen LogP contribution is 2.34. The molecule has 0 saturated carbocycles. The standard InChI is InChI=1S/C25H29N7/c26-24-23-22(20-6-2-1-3-7-20)17-32(25(23)30-18-29-24)21-8-4-5-19(15-21)16-28-11-14-31-12-9-27-10-13-31/h1-8,15,17-18,27-28H,9-14,16H2,(H2,26,29,30). The molecule has 0 spiro atoms. The molecule has 0 unspecified atom stereocenters. The van der Waals surface area contributed by atoms with Gasteiger partial charge in [-0.1, -0.05) is 42.5 Å². The van der Waals surface area contributed by atoms with Crippen LogP contribution in [0.2, 0.25) is 0 Å². The van der Waals surface area contributed by atoms with E-state index in [1.165, 1.54) is 11.9 Å². The fraction of sp³-hybridized carbons (Fsp3) is 0.280. The maximum absolute atomic E-state index is 6.28. The Morgan fingerprint density at radius 1 is 1.00 bits per heavy atom. The summed E-state index contributed by atoms with van der Waals surface area (Å²) in [6.45, 7) is 7.34. The molecule has 7 heteroatoms. The van der Waals surface area contributed by atoms with Gasteiger partial charge in [0.25, 0.3) is 0 Å². The van der Waals surface area contributed by atoms with Crippen LogP contribution < -0.4 is 16.4 Å². The molecular weight excluding hydrogens is 398 g/mol. The number of nitrogens with zero attached hydrogens (tertiary/aromatic N) is 4. The zero-order chi connectivity index (χ0) is 21.8. The van der Waals surface area contributed by atoms with Gasteiger partial charge in [-0.3, -0.25) is 4.90 Å². The molecular formula is C25H29N7. The SMILES string of the molecule is Nc1ncnc2c1c(-c1ccccc1)cn2-c1cccc(CNCCN2CCNCC2)c1. The molecule has 1 fully saturated rings. The van der Waals surface area contributed by atoms with Crippen LogP contribution in [-0.2, 0) is 6.54 Å². The lowest BCUT2D eigenvalue weighted by atomic mass is 10.1. The van der Waals surface area contributed by atoms with E-state index in [0.717, 1.165) is 73.7 Å². The van der Waals surface area contributed by atoms with Gasteiger partial charge in [0, 0.05) is 63.3 Å². The average Bonchev–Trinajstić information content (AvgIpc) is 3.24. The first-order valence-electron chi connectivity index (χ1n) is 11.2. The predicted octanol–water partition coefficient (Wildman–Crippen LogP) is 2.66. The Hall–Kier alpha value is -3.26. The summed E-state index contributed by atoms with van der Waals surface area (Å²) in [6.07, 6.45) is 3.65. The highest BCUT2D eigenvalue weighted by atomic mass is 15.2. The summed E-state index contributed by atoms with van der Waals surface area (Å²) in [4.78, 5) is 11.3. The number of hydrogen-bond acceptors (Lipinski definition) is 6. The van der Waals surface area contributed by atoms with Crippen LogP contribution in [-0.4, -0.2) is 58.7 Å². The highest BCUT2D eigenvalue weighted by molar-refractivity contribution is 6.01. The van der Waals surface area contributed by atoms with E-state index in [1.54, 1.807) is 0 Å². The molecule has 0 aliphatic carbocycles. The zero-order valence-electron chi connectivity index (χ0n) is 18.2. The van der Waals surface area contributed by atoms with Crippen molar-refractivity contribution < 1.29 is 0 Å². The molecule has 1 aliphatic heterocycles. The average molecular weight is 428 g/mol. The third-order valence-electron chi connectivity index (χ3n) is 6.03. The summed E-state index contributed by atoms with van der Waals surface area (Å²) in [6, 6.07) is 18.8. The Labute approximate surface area is 188 Å².